The zero-order valence-corrected chi connectivity index (χ0v) is 12.0. The molecule has 106 valence electrons. The number of benzene rings is 1. The fourth-order valence-electron chi connectivity index (χ4n) is 1.82. The van der Waals surface area contributed by atoms with Gasteiger partial charge in [-0.1, -0.05) is 6.92 Å². The van der Waals surface area contributed by atoms with Gasteiger partial charge in [0, 0.05) is 34.0 Å². The van der Waals surface area contributed by atoms with Crippen LogP contribution in [0, 0.1) is 10.1 Å². The van der Waals surface area contributed by atoms with E-state index in [4.69, 9.17) is 10.5 Å². The van der Waals surface area contributed by atoms with Gasteiger partial charge in [0.2, 0.25) is 0 Å². The molecule has 1 aromatic carbocycles. The predicted octanol–water partition coefficient (Wildman–Crippen LogP) is 3.26. The maximum Gasteiger partial charge on any atom is 0.270 e. The Bertz CT molecular complexity index is 610. The third-order valence-corrected chi connectivity index (χ3v) is 4.11. The Morgan fingerprint density at radius 2 is 2.05 bits per heavy atom. The van der Waals surface area contributed by atoms with Gasteiger partial charge >= 0.3 is 0 Å². The molecule has 0 saturated carbocycles. The molecule has 1 aromatic heterocycles. The molecule has 0 bridgehead atoms. The minimum atomic E-state index is -0.435. The first kappa shape index (κ1) is 14.5. The molecule has 0 atom stereocenters. The zero-order valence-electron chi connectivity index (χ0n) is 11.2. The highest BCUT2D eigenvalue weighted by molar-refractivity contribution is 7.11. The van der Waals surface area contributed by atoms with Crippen LogP contribution >= 0.6 is 11.3 Å². The lowest BCUT2D eigenvalue weighted by Gasteiger charge is -2.09. The third-order valence-electron chi connectivity index (χ3n) is 2.91. The van der Waals surface area contributed by atoms with Crippen LogP contribution in [0.2, 0.25) is 0 Å². The van der Waals surface area contributed by atoms with Gasteiger partial charge in [-0.2, -0.15) is 0 Å². The van der Waals surface area contributed by atoms with Gasteiger partial charge in [-0.05, 0) is 24.6 Å². The van der Waals surface area contributed by atoms with Crippen molar-refractivity contribution in [2.75, 3.05) is 0 Å². The van der Waals surface area contributed by atoms with Gasteiger partial charge in [-0.15, -0.1) is 11.3 Å². The maximum absolute atomic E-state index is 10.7. The Morgan fingerprint density at radius 1 is 1.30 bits per heavy atom. The minimum absolute atomic E-state index is 0.0298. The molecule has 0 radical (unpaired) electrons. The first-order valence-electron chi connectivity index (χ1n) is 6.31. The topological polar surface area (TPSA) is 78.4 Å². The molecule has 2 rings (SSSR count). The summed E-state index contributed by atoms with van der Waals surface area (Å²) >= 11 is 1.71. The molecule has 0 amide bonds. The number of hydrogen-bond acceptors (Lipinski definition) is 5. The molecule has 20 heavy (non-hydrogen) atoms. The number of nitrogens with two attached hydrogens (primary N) is 1. The fourth-order valence-corrected chi connectivity index (χ4v) is 2.69. The second-order valence-electron chi connectivity index (χ2n) is 4.26. The van der Waals surface area contributed by atoms with Gasteiger partial charge < -0.3 is 10.5 Å². The van der Waals surface area contributed by atoms with Crippen molar-refractivity contribution in [2.24, 2.45) is 5.73 Å². The van der Waals surface area contributed by atoms with Gasteiger partial charge in [0.05, 0.1) is 4.92 Å². The summed E-state index contributed by atoms with van der Waals surface area (Å²) in [5, 5.41) is 10.7. The second kappa shape index (κ2) is 6.49. The Balaban J connectivity index is 2.10. The summed E-state index contributed by atoms with van der Waals surface area (Å²) in [4.78, 5) is 12.7. The smallest absolute Gasteiger partial charge is 0.270 e. The Kier molecular flexibility index (Phi) is 4.70. The summed E-state index contributed by atoms with van der Waals surface area (Å²) in [5.41, 5.74) is 6.29. The molecule has 0 aliphatic carbocycles. The van der Waals surface area contributed by atoms with Crippen LogP contribution < -0.4 is 10.5 Å². The first-order chi connectivity index (χ1) is 9.63. The van der Waals surface area contributed by atoms with E-state index in [1.54, 1.807) is 17.4 Å². The molecule has 0 aliphatic rings. The number of ether oxygens (including phenoxy) is 1. The van der Waals surface area contributed by atoms with Crippen molar-refractivity contribution in [1.29, 1.82) is 0 Å². The van der Waals surface area contributed by atoms with Gasteiger partial charge in [0.25, 0.3) is 5.69 Å². The number of nitro benzene ring substituents is 1. The van der Waals surface area contributed by atoms with Crippen molar-refractivity contribution in [1.82, 2.24) is 0 Å². The van der Waals surface area contributed by atoms with E-state index in [1.165, 1.54) is 17.0 Å². The quantitative estimate of drug-likeness (QED) is 0.654. The van der Waals surface area contributed by atoms with E-state index < -0.39 is 4.92 Å². The van der Waals surface area contributed by atoms with Crippen LogP contribution in [0.4, 0.5) is 5.69 Å². The zero-order chi connectivity index (χ0) is 14.5. The van der Waals surface area contributed by atoms with Crippen LogP contribution in [0.1, 0.15) is 22.2 Å². The van der Waals surface area contributed by atoms with Crippen molar-refractivity contribution in [3.05, 3.63) is 55.8 Å². The highest BCUT2D eigenvalue weighted by Crippen LogP contribution is 2.26. The molecular weight excluding hydrogens is 276 g/mol. The minimum Gasteiger partial charge on any atom is -0.488 e. The van der Waals surface area contributed by atoms with Crippen LogP contribution in [0.15, 0.2) is 30.3 Å². The van der Waals surface area contributed by atoms with Crippen molar-refractivity contribution in [2.45, 2.75) is 26.5 Å². The summed E-state index contributed by atoms with van der Waals surface area (Å²) in [6.45, 7) is 2.77. The predicted molar refractivity (Wildman–Crippen MR) is 79.0 cm³/mol. The third kappa shape index (κ3) is 3.34. The van der Waals surface area contributed by atoms with Gasteiger partial charge in [0.1, 0.15) is 12.4 Å². The molecule has 0 unspecified atom stereocenters. The van der Waals surface area contributed by atoms with Crippen LogP contribution in [0.5, 0.6) is 5.75 Å². The first-order valence-corrected chi connectivity index (χ1v) is 7.13. The highest BCUT2D eigenvalue weighted by Gasteiger charge is 2.11. The van der Waals surface area contributed by atoms with Crippen LogP contribution in [-0.2, 0) is 19.6 Å². The molecule has 0 saturated heterocycles. The Hall–Kier alpha value is -1.92. The van der Waals surface area contributed by atoms with Crippen molar-refractivity contribution in [3.8, 4) is 5.75 Å². The summed E-state index contributed by atoms with van der Waals surface area (Å²) in [7, 11) is 0. The van der Waals surface area contributed by atoms with Crippen LogP contribution in [-0.4, -0.2) is 4.92 Å². The number of nitrogens with zero attached hydrogens (tertiary/aromatic N) is 1. The normalized spacial score (nSPS) is 10.5. The molecule has 5 nitrogen and oxygen atoms in total. The van der Waals surface area contributed by atoms with Gasteiger partial charge in [0.15, 0.2) is 0 Å². The number of aryl methyl sites for hydroxylation is 1. The number of thiophene rings is 1. The lowest BCUT2D eigenvalue weighted by molar-refractivity contribution is -0.384. The average Bonchev–Trinajstić information content (AvgIpc) is 2.92. The molecule has 1 heterocycles. The van der Waals surface area contributed by atoms with E-state index in [2.05, 4.69) is 13.0 Å². The van der Waals surface area contributed by atoms with E-state index in [0.29, 0.717) is 17.9 Å². The lowest BCUT2D eigenvalue weighted by Crippen LogP contribution is -2.03. The summed E-state index contributed by atoms with van der Waals surface area (Å²) in [6, 6.07) is 8.62. The Morgan fingerprint density at radius 3 is 2.65 bits per heavy atom. The molecule has 0 fully saturated rings. The monoisotopic (exact) mass is 292 g/mol. The van der Waals surface area contributed by atoms with Crippen molar-refractivity contribution in [3.63, 3.8) is 0 Å². The van der Waals surface area contributed by atoms with E-state index in [0.717, 1.165) is 11.3 Å². The second-order valence-corrected chi connectivity index (χ2v) is 5.52. The van der Waals surface area contributed by atoms with E-state index in [9.17, 15) is 10.1 Å². The standard InChI is InChI=1S/C14H16N2O3S/c1-2-12-4-5-13(20-12)9-19-14-6-3-11(16(17)18)7-10(14)8-15/h3-7H,2,8-9,15H2,1H3. The average molecular weight is 292 g/mol. The Labute approximate surface area is 121 Å². The van der Waals surface area contributed by atoms with Crippen LogP contribution in [0.3, 0.4) is 0 Å². The van der Waals surface area contributed by atoms with E-state index in [1.807, 2.05) is 6.07 Å². The largest absolute Gasteiger partial charge is 0.488 e. The lowest BCUT2D eigenvalue weighted by atomic mass is 10.2. The van der Waals surface area contributed by atoms with Gasteiger partial charge in [-0.25, -0.2) is 0 Å². The maximum atomic E-state index is 10.7. The number of non-ortho nitro benzene ring substituents is 1. The van der Waals surface area contributed by atoms with Crippen LogP contribution in [0.25, 0.3) is 0 Å². The molecule has 0 spiro atoms. The highest BCUT2D eigenvalue weighted by atomic mass is 32.1. The summed E-state index contributed by atoms with van der Waals surface area (Å²) in [6.07, 6.45) is 1.01. The summed E-state index contributed by atoms with van der Waals surface area (Å²) < 4.78 is 5.71. The SMILES string of the molecule is CCc1ccc(COc2ccc([N+](=O)[O-])cc2CN)s1. The van der Waals surface area contributed by atoms with Crippen molar-refractivity contribution < 1.29 is 9.66 Å². The number of nitro groups is 1. The molecular formula is C14H16N2O3S. The molecule has 6 heteroatoms. The molecule has 2 N–H and O–H groups in total. The van der Waals surface area contributed by atoms with E-state index >= 15 is 0 Å². The summed E-state index contributed by atoms with van der Waals surface area (Å²) in [5.74, 6) is 0.601. The molecule has 0 aliphatic heterocycles. The van der Waals surface area contributed by atoms with E-state index in [-0.39, 0.29) is 12.2 Å². The number of hydrogen-bond donors (Lipinski definition) is 1. The van der Waals surface area contributed by atoms with Gasteiger partial charge in [-0.3, -0.25) is 10.1 Å². The number of rotatable bonds is 6. The van der Waals surface area contributed by atoms with Crippen molar-refractivity contribution >= 4 is 17.0 Å². The fraction of sp³-hybridized carbons (Fsp3) is 0.286. The molecule has 2 aromatic rings.